The normalized spacial score (nSPS) is 11.6. The van der Waals surface area contributed by atoms with Crippen LogP contribution in [0.3, 0.4) is 0 Å². The van der Waals surface area contributed by atoms with Gasteiger partial charge in [-0.3, -0.25) is 0 Å². The van der Waals surface area contributed by atoms with Crippen LogP contribution in [0.4, 0.5) is 0 Å². The molecule has 0 heterocycles. The van der Waals surface area contributed by atoms with Crippen LogP contribution in [0.1, 0.15) is 54.5 Å². The topological polar surface area (TPSA) is 20.2 Å². The van der Waals surface area contributed by atoms with Gasteiger partial charge in [0.1, 0.15) is 5.75 Å². The Labute approximate surface area is 160 Å². The molecule has 0 atom stereocenters. The number of hydrogen-bond donors (Lipinski definition) is 1. The summed E-state index contributed by atoms with van der Waals surface area (Å²) >= 11 is 1.98. The van der Waals surface area contributed by atoms with Gasteiger partial charge in [0.2, 0.25) is 0 Å². The van der Waals surface area contributed by atoms with Crippen molar-refractivity contribution in [1.29, 1.82) is 0 Å². The quantitative estimate of drug-likeness (QED) is 0.532. The molecule has 1 nitrogen and oxygen atoms in total. The third-order valence-corrected chi connectivity index (χ3v) is 8.60. The van der Waals surface area contributed by atoms with Crippen molar-refractivity contribution in [3.63, 3.8) is 0 Å². The molecule has 0 unspecified atom stereocenters. The minimum atomic E-state index is -0.293. The van der Waals surface area contributed by atoms with Crippen LogP contribution in [0.5, 0.6) is 5.75 Å². The van der Waals surface area contributed by atoms with Crippen molar-refractivity contribution >= 4 is 26.5 Å². The van der Waals surface area contributed by atoms with Crippen LogP contribution < -0.4 is 5.19 Å². The molecule has 1 N–H and O–H groups in total. The third-order valence-electron chi connectivity index (χ3n) is 5.03. The fourth-order valence-corrected chi connectivity index (χ4v) is 7.25. The molecule has 0 amide bonds. The van der Waals surface area contributed by atoms with E-state index in [0.717, 1.165) is 11.1 Å². The molecule has 0 aliphatic rings. The van der Waals surface area contributed by atoms with Gasteiger partial charge in [0.15, 0.2) is 0 Å². The molecule has 2 rings (SSSR count). The van der Waals surface area contributed by atoms with Crippen LogP contribution in [-0.2, 0) is 12.8 Å². The van der Waals surface area contributed by atoms with Gasteiger partial charge in [0, 0.05) is 4.90 Å². The summed E-state index contributed by atoms with van der Waals surface area (Å²) in [4.78, 5) is 1.34. The summed E-state index contributed by atoms with van der Waals surface area (Å²) in [7, 11) is -0.293. The van der Waals surface area contributed by atoms with Crippen LogP contribution in [0, 0.1) is 20.8 Å². The fourth-order valence-electron chi connectivity index (χ4n) is 3.45. The van der Waals surface area contributed by atoms with Crippen molar-refractivity contribution in [1.82, 2.24) is 0 Å². The molecular formula is C22H32OSSi. The zero-order chi connectivity index (χ0) is 18.4. The van der Waals surface area contributed by atoms with Crippen molar-refractivity contribution in [2.24, 2.45) is 0 Å². The van der Waals surface area contributed by atoms with E-state index < -0.39 is 0 Å². The number of hydrogen-bond acceptors (Lipinski definition) is 2. The van der Waals surface area contributed by atoms with E-state index in [1.165, 1.54) is 41.5 Å². The van der Waals surface area contributed by atoms with Crippen molar-refractivity contribution in [2.75, 3.05) is 5.38 Å². The zero-order valence-corrected chi connectivity index (χ0v) is 18.6. The first-order valence-corrected chi connectivity index (χ1v) is 12.2. The van der Waals surface area contributed by atoms with Gasteiger partial charge in [-0.2, -0.15) is 0 Å². The van der Waals surface area contributed by atoms with Gasteiger partial charge in [-0.05, 0) is 72.9 Å². The lowest BCUT2D eigenvalue weighted by atomic mass is 10.00. The van der Waals surface area contributed by atoms with Crippen LogP contribution in [-0.4, -0.2) is 20.0 Å². The van der Waals surface area contributed by atoms with E-state index in [4.69, 9.17) is 0 Å². The average molecular weight is 373 g/mol. The first kappa shape index (κ1) is 20.1. The molecule has 0 aromatic heterocycles. The van der Waals surface area contributed by atoms with Crippen molar-refractivity contribution < 1.29 is 5.11 Å². The summed E-state index contributed by atoms with van der Waals surface area (Å²) in [6.45, 7) is 10.7. The van der Waals surface area contributed by atoms with Gasteiger partial charge in [-0.1, -0.05) is 50.1 Å². The summed E-state index contributed by atoms with van der Waals surface area (Å²) in [6.07, 6.45) is 4.88. The van der Waals surface area contributed by atoms with E-state index >= 15 is 0 Å². The second kappa shape index (κ2) is 9.49. The number of aromatic hydroxyl groups is 1. The van der Waals surface area contributed by atoms with Crippen LogP contribution >= 0.6 is 11.8 Å². The molecule has 136 valence electrons. The third kappa shape index (κ3) is 4.92. The van der Waals surface area contributed by atoms with Crippen molar-refractivity contribution in [3.8, 4) is 5.75 Å². The maximum absolute atomic E-state index is 10.1. The second-order valence-corrected chi connectivity index (χ2v) is 10.6. The molecule has 2 aromatic carbocycles. The molecule has 25 heavy (non-hydrogen) atoms. The number of rotatable bonds is 8. The predicted molar refractivity (Wildman–Crippen MR) is 116 cm³/mol. The molecule has 0 bridgehead atoms. The lowest BCUT2D eigenvalue weighted by molar-refractivity contribution is 0.465. The molecule has 0 radical (unpaired) electrons. The first-order valence-electron chi connectivity index (χ1n) is 9.51. The van der Waals surface area contributed by atoms with E-state index in [1.54, 1.807) is 16.3 Å². The summed E-state index contributed by atoms with van der Waals surface area (Å²) in [5.41, 5.74) is 6.47. The largest absolute Gasteiger partial charge is 0.507 e. The average Bonchev–Trinajstić information content (AvgIpc) is 2.60. The Morgan fingerprint density at radius 2 is 1.72 bits per heavy atom. The molecule has 0 saturated carbocycles. The minimum Gasteiger partial charge on any atom is -0.507 e. The van der Waals surface area contributed by atoms with Gasteiger partial charge in [-0.25, -0.2) is 0 Å². The first-order chi connectivity index (χ1) is 12.0. The monoisotopic (exact) mass is 372 g/mol. The highest BCUT2D eigenvalue weighted by Gasteiger charge is 2.11. The molecule has 3 heteroatoms. The van der Waals surface area contributed by atoms with Crippen LogP contribution in [0.15, 0.2) is 29.2 Å². The number of phenols is 1. The Balaban J connectivity index is 2.13. The van der Waals surface area contributed by atoms with E-state index in [2.05, 4.69) is 45.0 Å². The lowest BCUT2D eigenvalue weighted by Gasteiger charge is -2.15. The molecule has 0 aliphatic heterocycles. The fraction of sp³-hybridized carbons (Fsp3) is 0.455. The maximum Gasteiger partial charge on any atom is 0.121 e. The van der Waals surface area contributed by atoms with Gasteiger partial charge in [-0.15, -0.1) is 11.8 Å². The summed E-state index contributed by atoms with van der Waals surface area (Å²) in [5, 5.41) is 13.0. The molecule has 0 spiro atoms. The van der Waals surface area contributed by atoms with E-state index in [0.29, 0.717) is 5.75 Å². The Morgan fingerprint density at radius 1 is 1.00 bits per heavy atom. The van der Waals surface area contributed by atoms with Gasteiger partial charge >= 0.3 is 0 Å². The summed E-state index contributed by atoms with van der Waals surface area (Å²) in [6, 6.07) is 9.11. The number of aryl methyl sites for hydroxylation is 2. The van der Waals surface area contributed by atoms with Crippen LogP contribution in [0.25, 0.3) is 0 Å². The predicted octanol–water partition coefficient (Wildman–Crippen LogP) is 4.77. The summed E-state index contributed by atoms with van der Waals surface area (Å²) < 4.78 is 0. The van der Waals surface area contributed by atoms with Gasteiger partial charge < -0.3 is 5.11 Å². The van der Waals surface area contributed by atoms with Crippen molar-refractivity contribution in [2.45, 2.75) is 65.2 Å². The molecule has 0 fully saturated rings. The van der Waals surface area contributed by atoms with Crippen molar-refractivity contribution in [3.05, 3.63) is 52.1 Å². The second-order valence-electron chi connectivity index (χ2n) is 6.94. The molecule has 0 saturated heterocycles. The van der Waals surface area contributed by atoms with Crippen LogP contribution in [0.2, 0.25) is 0 Å². The SMILES string of the molecule is CCCc1cccc([SiH2]CSc2cc(C)c(O)c(C)c2C)c1CCC. The van der Waals surface area contributed by atoms with Gasteiger partial charge in [0.05, 0.1) is 9.52 Å². The standard InChI is InChI=1S/C22H32OSSi/c1-6-9-18-11-8-12-21(19(18)10-7-2)25-14-24-20-13-15(3)22(23)17(5)16(20)4/h8,11-13,23H,6-7,9-10,14,25H2,1-5H3. The highest BCUT2D eigenvalue weighted by molar-refractivity contribution is 8.00. The zero-order valence-electron chi connectivity index (χ0n) is 16.4. The van der Waals surface area contributed by atoms with E-state index in [1.807, 2.05) is 25.6 Å². The van der Waals surface area contributed by atoms with E-state index in [-0.39, 0.29) is 9.52 Å². The highest BCUT2D eigenvalue weighted by atomic mass is 32.2. The maximum atomic E-state index is 10.1. The number of benzene rings is 2. The number of thioether (sulfide) groups is 1. The molecule has 2 aromatic rings. The Hall–Kier alpha value is -1.19. The van der Waals surface area contributed by atoms with Gasteiger partial charge in [0.25, 0.3) is 0 Å². The Kier molecular flexibility index (Phi) is 7.64. The van der Waals surface area contributed by atoms with E-state index in [9.17, 15) is 5.11 Å². The molecule has 0 aliphatic carbocycles. The Morgan fingerprint density at radius 3 is 2.40 bits per heavy atom. The lowest BCUT2D eigenvalue weighted by Crippen LogP contribution is -2.23. The summed E-state index contributed by atoms with van der Waals surface area (Å²) in [5.74, 6) is 0.455. The highest BCUT2D eigenvalue weighted by Crippen LogP contribution is 2.32. The smallest absolute Gasteiger partial charge is 0.121 e. The minimum absolute atomic E-state index is 0.293. The Bertz CT molecular complexity index is 724. The number of phenolic OH excluding ortho intramolecular Hbond substituents is 1. The molecular weight excluding hydrogens is 340 g/mol.